The van der Waals surface area contributed by atoms with Gasteiger partial charge in [0.15, 0.2) is 0 Å². The Morgan fingerprint density at radius 2 is 1.52 bits per heavy atom. The van der Waals surface area contributed by atoms with Crippen LogP contribution >= 0.6 is 23.2 Å². The fourth-order valence-electron chi connectivity index (χ4n) is 2.88. The minimum atomic E-state index is -3.64. The maximum absolute atomic E-state index is 12.7. The van der Waals surface area contributed by atoms with E-state index in [1.807, 2.05) is 4.90 Å². The van der Waals surface area contributed by atoms with Gasteiger partial charge in [-0.1, -0.05) is 47.5 Å². The molecule has 144 valence electrons. The van der Waals surface area contributed by atoms with Gasteiger partial charge in [0.1, 0.15) is 4.90 Å². The number of rotatable bonds is 5. The van der Waals surface area contributed by atoms with Gasteiger partial charge < -0.3 is 5.32 Å². The van der Waals surface area contributed by atoms with Gasteiger partial charge in [-0.15, -0.1) is 0 Å². The van der Waals surface area contributed by atoms with Gasteiger partial charge in [0, 0.05) is 26.2 Å². The third kappa shape index (κ3) is 4.80. The summed E-state index contributed by atoms with van der Waals surface area (Å²) in [5, 5.41) is 3.45. The van der Waals surface area contributed by atoms with Gasteiger partial charge in [0.05, 0.1) is 22.3 Å². The predicted octanol–water partition coefficient (Wildman–Crippen LogP) is 2.94. The summed E-state index contributed by atoms with van der Waals surface area (Å²) in [5.41, 5.74) is 0.559. The number of amides is 1. The molecule has 0 bridgehead atoms. The predicted molar refractivity (Wildman–Crippen MR) is 107 cm³/mol. The van der Waals surface area contributed by atoms with Crippen molar-refractivity contribution in [3.63, 3.8) is 0 Å². The quantitative estimate of drug-likeness (QED) is 0.795. The van der Waals surface area contributed by atoms with Crippen molar-refractivity contribution >= 4 is 44.8 Å². The van der Waals surface area contributed by atoms with E-state index in [-0.39, 0.29) is 22.4 Å². The highest BCUT2D eigenvalue weighted by atomic mass is 35.5. The summed E-state index contributed by atoms with van der Waals surface area (Å²) in [4.78, 5) is 14.2. The number of sulfonamides is 1. The maximum Gasteiger partial charge on any atom is 0.244 e. The van der Waals surface area contributed by atoms with Crippen LogP contribution < -0.4 is 5.32 Å². The number of halogens is 2. The zero-order valence-electron chi connectivity index (χ0n) is 14.4. The van der Waals surface area contributed by atoms with Crippen molar-refractivity contribution in [2.24, 2.45) is 0 Å². The fourth-order valence-corrected chi connectivity index (χ4v) is 4.97. The Morgan fingerprint density at radius 3 is 2.15 bits per heavy atom. The molecule has 0 radical (unpaired) electrons. The summed E-state index contributed by atoms with van der Waals surface area (Å²) < 4.78 is 26.9. The number of carbonyl (C=O) groups excluding carboxylic acids is 1. The molecule has 0 spiro atoms. The Morgan fingerprint density at radius 1 is 0.926 bits per heavy atom. The normalized spacial score (nSPS) is 16.2. The number of anilines is 1. The molecule has 0 unspecified atom stereocenters. The molecule has 2 aromatic rings. The number of hydrogen-bond acceptors (Lipinski definition) is 4. The highest BCUT2D eigenvalue weighted by Gasteiger charge is 2.30. The molecule has 0 atom stereocenters. The Labute approximate surface area is 168 Å². The van der Waals surface area contributed by atoms with Gasteiger partial charge in [0.2, 0.25) is 15.9 Å². The van der Waals surface area contributed by atoms with Gasteiger partial charge in [0.25, 0.3) is 0 Å². The first-order chi connectivity index (χ1) is 12.9. The van der Waals surface area contributed by atoms with Gasteiger partial charge >= 0.3 is 0 Å². The van der Waals surface area contributed by atoms with E-state index in [0.717, 1.165) is 0 Å². The molecule has 9 heteroatoms. The molecule has 0 saturated carbocycles. The van der Waals surface area contributed by atoms with Crippen LogP contribution in [0, 0.1) is 0 Å². The van der Waals surface area contributed by atoms with Crippen LogP contribution in [0.2, 0.25) is 10.0 Å². The van der Waals surface area contributed by atoms with Gasteiger partial charge in [-0.25, -0.2) is 8.42 Å². The van der Waals surface area contributed by atoms with Crippen molar-refractivity contribution < 1.29 is 13.2 Å². The SMILES string of the molecule is O=C(CN1CCN(S(=O)(=O)c2ccccc2Cl)CC1)Nc1ccccc1Cl. The summed E-state index contributed by atoms with van der Waals surface area (Å²) in [7, 11) is -3.64. The zero-order chi connectivity index (χ0) is 19.4. The average Bonchev–Trinajstić information content (AvgIpc) is 2.64. The molecular weight excluding hydrogens is 409 g/mol. The van der Waals surface area contributed by atoms with Crippen LogP contribution in [-0.4, -0.2) is 56.3 Å². The van der Waals surface area contributed by atoms with Crippen LogP contribution in [0.4, 0.5) is 5.69 Å². The zero-order valence-corrected chi connectivity index (χ0v) is 16.8. The largest absolute Gasteiger partial charge is 0.324 e. The minimum absolute atomic E-state index is 0.108. The highest BCUT2D eigenvalue weighted by molar-refractivity contribution is 7.89. The smallest absolute Gasteiger partial charge is 0.244 e. The van der Waals surface area contributed by atoms with E-state index in [9.17, 15) is 13.2 Å². The molecule has 1 aliphatic rings. The molecule has 0 aromatic heterocycles. The number of piperazine rings is 1. The molecule has 1 amide bonds. The summed E-state index contributed by atoms with van der Waals surface area (Å²) >= 11 is 12.1. The number of benzene rings is 2. The van der Waals surface area contributed by atoms with Crippen molar-refractivity contribution in [3.8, 4) is 0 Å². The van der Waals surface area contributed by atoms with Crippen LogP contribution in [-0.2, 0) is 14.8 Å². The number of nitrogens with zero attached hydrogens (tertiary/aromatic N) is 2. The van der Waals surface area contributed by atoms with Gasteiger partial charge in [-0.05, 0) is 24.3 Å². The Balaban J connectivity index is 1.57. The number of nitrogens with one attached hydrogen (secondary N) is 1. The van der Waals surface area contributed by atoms with Crippen LogP contribution in [0.1, 0.15) is 0 Å². The lowest BCUT2D eigenvalue weighted by Crippen LogP contribution is -2.50. The van der Waals surface area contributed by atoms with E-state index in [1.54, 1.807) is 42.5 Å². The minimum Gasteiger partial charge on any atom is -0.324 e. The first-order valence-corrected chi connectivity index (χ1v) is 10.6. The third-order valence-electron chi connectivity index (χ3n) is 4.30. The Kier molecular flexibility index (Phi) is 6.39. The lowest BCUT2D eigenvalue weighted by Gasteiger charge is -2.33. The molecule has 6 nitrogen and oxygen atoms in total. The molecule has 0 aliphatic carbocycles. The molecule has 1 fully saturated rings. The monoisotopic (exact) mass is 427 g/mol. The first kappa shape index (κ1) is 20.1. The molecule has 1 aliphatic heterocycles. The highest BCUT2D eigenvalue weighted by Crippen LogP contribution is 2.25. The lowest BCUT2D eigenvalue weighted by atomic mass is 10.3. The van der Waals surface area contributed by atoms with Gasteiger partial charge in [-0.2, -0.15) is 4.31 Å². The van der Waals surface area contributed by atoms with Crippen molar-refractivity contribution in [2.75, 3.05) is 38.0 Å². The van der Waals surface area contributed by atoms with Crippen LogP contribution in [0.5, 0.6) is 0 Å². The topological polar surface area (TPSA) is 69.7 Å². The fraction of sp³-hybridized carbons (Fsp3) is 0.278. The summed E-state index contributed by atoms with van der Waals surface area (Å²) in [6, 6.07) is 13.4. The molecule has 27 heavy (non-hydrogen) atoms. The third-order valence-corrected chi connectivity index (χ3v) is 7.03. The lowest BCUT2D eigenvalue weighted by molar-refractivity contribution is -0.117. The molecule has 1 N–H and O–H groups in total. The van der Waals surface area contributed by atoms with Crippen molar-refractivity contribution in [2.45, 2.75) is 4.90 Å². The number of para-hydroxylation sites is 1. The molecule has 1 heterocycles. The van der Waals surface area contributed by atoms with E-state index in [2.05, 4.69) is 5.32 Å². The maximum atomic E-state index is 12.7. The second kappa shape index (κ2) is 8.58. The molecule has 3 rings (SSSR count). The van der Waals surface area contributed by atoms with E-state index < -0.39 is 10.0 Å². The Hall–Kier alpha value is -1.64. The summed E-state index contributed by atoms with van der Waals surface area (Å²) in [6.07, 6.45) is 0. The number of carbonyl (C=O) groups is 1. The van der Waals surface area contributed by atoms with E-state index in [0.29, 0.717) is 36.9 Å². The van der Waals surface area contributed by atoms with E-state index in [4.69, 9.17) is 23.2 Å². The van der Waals surface area contributed by atoms with Crippen molar-refractivity contribution in [1.82, 2.24) is 9.21 Å². The summed E-state index contributed by atoms with van der Waals surface area (Å²) in [6.45, 7) is 1.68. The van der Waals surface area contributed by atoms with Crippen LogP contribution in [0.3, 0.4) is 0 Å². The van der Waals surface area contributed by atoms with Crippen molar-refractivity contribution in [1.29, 1.82) is 0 Å². The summed E-state index contributed by atoms with van der Waals surface area (Å²) in [5.74, 6) is -0.189. The van der Waals surface area contributed by atoms with Crippen molar-refractivity contribution in [3.05, 3.63) is 58.6 Å². The van der Waals surface area contributed by atoms with Gasteiger partial charge in [-0.3, -0.25) is 9.69 Å². The second-order valence-corrected chi connectivity index (χ2v) is 8.86. The molecule has 2 aromatic carbocycles. The molecule has 1 saturated heterocycles. The number of hydrogen-bond donors (Lipinski definition) is 1. The Bertz CT molecular complexity index is 929. The van der Waals surface area contributed by atoms with Crippen LogP contribution in [0.15, 0.2) is 53.4 Å². The second-order valence-electron chi connectivity index (χ2n) is 6.14. The van der Waals surface area contributed by atoms with E-state index >= 15 is 0 Å². The molecular formula is C18H19Cl2N3O3S. The van der Waals surface area contributed by atoms with Crippen LogP contribution in [0.25, 0.3) is 0 Å². The average molecular weight is 428 g/mol. The first-order valence-electron chi connectivity index (χ1n) is 8.39. The van der Waals surface area contributed by atoms with E-state index in [1.165, 1.54) is 10.4 Å². The standard InChI is InChI=1S/C18H19Cl2N3O3S/c19-14-5-1-3-7-16(14)21-18(24)13-22-9-11-23(12-10-22)27(25,26)17-8-4-2-6-15(17)20/h1-8H,9-13H2,(H,21,24).